The third-order valence-electron chi connectivity index (χ3n) is 3.42. The van der Waals surface area contributed by atoms with E-state index in [0.29, 0.717) is 12.3 Å². The largest absolute Gasteiger partial charge is 0.382 e. The second-order valence-corrected chi connectivity index (χ2v) is 6.93. The molecule has 0 aliphatic rings. The van der Waals surface area contributed by atoms with E-state index in [1.165, 1.54) is 16.8 Å². The maximum atomic E-state index is 12.3. The number of hydrogen-bond donors (Lipinski definition) is 1. The zero-order chi connectivity index (χ0) is 17.2. The number of nitrogens with zero attached hydrogens (tertiary/aromatic N) is 3. The van der Waals surface area contributed by atoms with Crippen molar-refractivity contribution in [3.63, 3.8) is 0 Å². The minimum atomic E-state index is -3.93. The van der Waals surface area contributed by atoms with Crippen LogP contribution in [-0.2, 0) is 21.8 Å². The Bertz CT molecular complexity index is 807. The highest BCUT2D eigenvalue weighted by molar-refractivity contribution is 7.90. The average molecular weight is 340 g/mol. The summed E-state index contributed by atoms with van der Waals surface area (Å²) in [5.41, 5.74) is 0.665. The average Bonchev–Trinajstić information content (AvgIpc) is 3.05. The number of aryl methyl sites for hydroxylation is 2. The summed E-state index contributed by atoms with van der Waals surface area (Å²) in [6.07, 6.45) is 3.11. The Labute approximate surface area is 135 Å². The number of sulfonamides is 1. The molecule has 0 bridgehead atoms. The van der Waals surface area contributed by atoms with Crippen LogP contribution in [0.15, 0.2) is 29.6 Å². The van der Waals surface area contributed by atoms with Crippen LogP contribution in [0.4, 0.5) is 0 Å². The molecule has 23 heavy (non-hydrogen) atoms. The Kier molecular flexibility index (Phi) is 4.90. The van der Waals surface area contributed by atoms with E-state index in [-0.39, 0.29) is 16.6 Å². The summed E-state index contributed by atoms with van der Waals surface area (Å²) in [4.78, 5) is 12.3. The Balaban J connectivity index is 2.23. The van der Waals surface area contributed by atoms with E-state index >= 15 is 0 Å². The summed E-state index contributed by atoms with van der Waals surface area (Å²) in [6.45, 7) is 3.97. The van der Waals surface area contributed by atoms with E-state index in [1.807, 2.05) is 6.92 Å². The summed E-state index contributed by atoms with van der Waals surface area (Å²) in [7, 11) is -0.763. The molecule has 0 radical (unpaired) electrons. The minimum Gasteiger partial charge on any atom is -0.382 e. The van der Waals surface area contributed by atoms with Crippen LogP contribution < -0.4 is 4.72 Å². The summed E-state index contributed by atoms with van der Waals surface area (Å²) < 4.78 is 34.6. The van der Waals surface area contributed by atoms with Gasteiger partial charge in [0, 0.05) is 26.6 Å². The first-order valence-electron chi connectivity index (χ1n) is 6.99. The number of hydrogen-bond acceptors (Lipinski definition) is 5. The molecule has 2 aromatic heterocycles. The molecule has 0 aliphatic heterocycles. The molecular formula is C14H20N4O4S. The highest BCUT2D eigenvalue weighted by Crippen LogP contribution is 2.14. The second kappa shape index (κ2) is 6.55. The van der Waals surface area contributed by atoms with Crippen molar-refractivity contribution in [1.29, 1.82) is 0 Å². The lowest BCUT2D eigenvalue weighted by Crippen LogP contribution is -2.32. The van der Waals surface area contributed by atoms with Gasteiger partial charge in [-0.1, -0.05) is 0 Å². The van der Waals surface area contributed by atoms with Crippen LogP contribution in [0.1, 0.15) is 29.0 Å². The lowest BCUT2D eigenvalue weighted by molar-refractivity contribution is 0.0980. The third kappa shape index (κ3) is 3.62. The lowest BCUT2D eigenvalue weighted by Gasteiger charge is -2.10. The fourth-order valence-electron chi connectivity index (χ4n) is 2.20. The SMILES string of the molecule is COCC(C)n1cc(C(=O)NS(=O)(=O)c2cccn2C)c(C)n1. The highest BCUT2D eigenvalue weighted by Gasteiger charge is 2.24. The van der Waals surface area contributed by atoms with Crippen molar-refractivity contribution in [1.82, 2.24) is 19.1 Å². The van der Waals surface area contributed by atoms with E-state index in [2.05, 4.69) is 9.82 Å². The van der Waals surface area contributed by atoms with Crippen molar-refractivity contribution in [2.45, 2.75) is 24.9 Å². The van der Waals surface area contributed by atoms with Gasteiger partial charge in [-0.2, -0.15) is 13.5 Å². The van der Waals surface area contributed by atoms with Gasteiger partial charge in [-0.15, -0.1) is 0 Å². The van der Waals surface area contributed by atoms with E-state index in [4.69, 9.17) is 4.74 Å². The van der Waals surface area contributed by atoms with Gasteiger partial charge in [0.1, 0.15) is 0 Å². The van der Waals surface area contributed by atoms with Gasteiger partial charge in [0.2, 0.25) is 0 Å². The first kappa shape index (κ1) is 17.2. The van der Waals surface area contributed by atoms with Crippen molar-refractivity contribution < 1.29 is 17.9 Å². The first-order chi connectivity index (χ1) is 10.8. The van der Waals surface area contributed by atoms with E-state index in [1.54, 1.807) is 38.0 Å². The highest BCUT2D eigenvalue weighted by atomic mass is 32.2. The zero-order valence-corrected chi connectivity index (χ0v) is 14.3. The van der Waals surface area contributed by atoms with E-state index in [0.717, 1.165) is 0 Å². The molecule has 0 fully saturated rings. The molecule has 2 rings (SSSR count). The fourth-order valence-corrected chi connectivity index (χ4v) is 3.36. The standard InChI is InChI=1S/C14H20N4O4S/c1-10(9-22-4)18-8-12(11(2)15-18)14(19)16-23(20,21)13-6-5-7-17(13)3/h5-8,10H,9H2,1-4H3,(H,16,19). The summed E-state index contributed by atoms with van der Waals surface area (Å²) in [5.74, 6) is -0.709. The van der Waals surface area contributed by atoms with Crippen molar-refractivity contribution in [3.05, 3.63) is 35.8 Å². The molecule has 2 aromatic rings. The van der Waals surface area contributed by atoms with Gasteiger partial charge in [0.15, 0.2) is 5.03 Å². The number of amides is 1. The normalized spacial score (nSPS) is 13.0. The molecule has 2 heterocycles. The molecule has 1 atom stereocenters. The first-order valence-corrected chi connectivity index (χ1v) is 8.47. The van der Waals surface area contributed by atoms with Crippen molar-refractivity contribution in [2.24, 2.45) is 7.05 Å². The molecule has 0 saturated heterocycles. The van der Waals surface area contributed by atoms with Gasteiger partial charge in [0.25, 0.3) is 15.9 Å². The van der Waals surface area contributed by atoms with Gasteiger partial charge in [0.05, 0.1) is 23.9 Å². The number of rotatable bonds is 6. The minimum absolute atomic E-state index is 0.0173. The van der Waals surface area contributed by atoms with Gasteiger partial charge in [-0.25, -0.2) is 4.72 Å². The van der Waals surface area contributed by atoms with E-state index in [9.17, 15) is 13.2 Å². The van der Waals surface area contributed by atoms with Crippen LogP contribution in [-0.4, -0.2) is 42.4 Å². The van der Waals surface area contributed by atoms with Crippen molar-refractivity contribution in [3.8, 4) is 0 Å². The summed E-state index contributed by atoms with van der Waals surface area (Å²) in [5, 5.41) is 4.25. The Morgan fingerprint density at radius 2 is 2.17 bits per heavy atom. The Hall–Kier alpha value is -2.13. The quantitative estimate of drug-likeness (QED) is 0.841. The summed E-state index contributed by atoms with van der Waals surface area (Å²) in [6, 6.07) is 2.95. The Morgan fingerprint density at radius 3 is 2.74 bits per heavy atom. The van der Waals surface area contributed by atoms with Crippen molar-refractivity contribution >= 4 is 15.9 Å². The van der Waals surface area contributed by atoms with Gasteiger partial charge in [-0.05, 0) is 26.0 Å². The number of nitrogens with one attached hydrogen (secondary N) is 1. The van der Waals surface area contributed by atoms with Gasteiger partial charge in [-0.3, -0.25) is 9.48 Å². The predicted molar refractivity (Wildman–Crippen MR) is 83.6 cm³/mol. The van der Waals surface area contributed by atoms with Crippen LogP contribution in [0.3, 0.4) is 0 Å². The van der Waals surface area contributed by atoms with E-state index < -0.39 is 15.9 Å². The topological polar surface area (TPSA) is 95.2 Å². The number of carbonyl (C=O) groups is 1. The van der Waals surface area contributed by atoms with Crippen LogP contribution in [0, 0.1) is 6.92 Å². The number of methoxy groups -OCH3 is 1. The number of ether oxygens (including phenoxy) is 1. The maximum Gasteiger partial charge on any atom is 0.279 e. The van der Waals surface area contributed by atoms with Gasteiger partial charge >= 0.3 is 0 Å². The molecule has 9 heteroatoms. The van der Waals surface area contributed by atoms with Crippen LogP contribution in [0.5, 0.6) is 0 Å². The number of carbonyl (C=O) groups excluding carboxylic acids is 1. The molecule has 1 unspecified atom stereocenters. The smallest absolute Gasteiger partial charge is 0.279 e. The maximum absolute atomic E-state index is 12.3. The number of aromatic nitrogens is 3. The predicted octanol–water partition coefficient (Wildman–Crippen LogP) is 0.856. The molecule has 126 valence electrons. The Morgan fingerprint density at radius 1 is 1.48 bits per heavy atom. The zero-order valence-electron chi connectivity index (χ0n) is 13.5. The van der Waals surface area contributed by atoms with Gasteiger partial charge < -0.3 is 9.30 Å². The van der Waals surface area contributed by atoms with Crippen molar-refractivity contribution in [2.75, 3.05) is 13.7 Å². The van der Waals surface area contributed by atoms with Crippen LogP contribution >= 0.6 is 0 Å². The second-order valence-electron chi connectivity index (χ2n) is 5.30. The molecule has 0 spiro atoms. The molecule has 8 nitrogen and oxygen atoms in total. The molecule has 0 saturated carbocycles. The van der Waals surface area contributed by atoms with Crippen LogP contribution in [0.2, 0.25) is 0 Å². The molecular weight excluding hydrogens is 320 g/mol. The molecule has 1 amide bonds. The van der Waals surface area contributed by atoms with Crippen LogP contribution in [0.25, 0.3) is 0 Å². The molecule has 0 aromatic carbocycles. The molecule has 1 N–H and O–H groups in total. The summed E-state index contributed by atoms with van der Waals surface area (Å²) >= 11 is 0. The third-order valence-corrected chi connectivity index (χ3v) is 4.85. The fraction of sp³-hybridized carbons (Fsp3) is 0.429. The monoisotopic (exact) mass is 340 g/mol. The molecule has 0 aliphatic carbocycles. The lowest BCUT2D eigenvalue weighted by atomic mass is 10.2.